The molecule has 0 bridgehead atoms. The van der Waals surface area contributed by atoms with E-state index >= 15 is 0 Å². The second-order valence-electron chi connectivity index (χ2n) is 5.31. The number of rotatable bonds is 6. The summed E-state index contributed by atoms with van der Waals surface area (Å²) in [7, 11) is 0. The fraction of sp³-hybridized carbons (Fsp3) is 0.267. The Morgan fingerprint density at radius 3 is 2.48 bits per heavy atom. The molecule has 10 heteroatoms. The Morgan fingerprint density at radius 1 is 1.20 bits per heavy atom. The second kappa shape index (κ2) is 7.24. The first-order chi connectivity index (χ1) is 11.7. The van der Waals surface area contributed by atoms with Gasteiger partial charge in [0.25, 0.3) is 0 Å². The second-order valence-corrected chi connectivity index (χ2v) is 5.31. The minimum Gasteiger partial charge on any atom is -0.352 e. The number of hydrogen-bond acceptors (Lipinski definition) is 7. The molecular weight excluding hydrogens is 335 g/mol. The Labute approximate surface area is 142 Å². The number of hydrogen-bond donors (Lipinski definition) is 3. The number of halogens is 3. The molecule has 0 saturated heterocycles. The van der Waals surface area contributed by atoms with Crippen LogP contribution < -0.4 is 10.6 Å². The number of nitrogens with one attached hydrogen (secondary N) is 3. The SMILES string of the molecule is C=CC(=N)c1nc(Nc2cncc(C(F)(F)F)c2)nc(NC(C)C)n1. The number of nitrogens with zero attached hydrogens (tertiary/aromatic N) is 4. The largest absolute Gasteiger partial charge is 0.417 e. The molecule has 0 spiro atoms. The molecule has 0 atom stereocenters. The van der Waals surface area contributed by atoms with E-state index < -0.39 is 11.7 Å². The normalized spacial score (nSPS) is 11.3. The number of pyridine rings is 1. The molecule has 0 radical (unpaired) electrons. The van der Waals surface area contributed by atoms with Crippen LogP contribution in [0.2, 0.25) is 0 Å². The summed E-state index contributed by atoms with van der Waals surface area (Å²) in [5.74, 6) is 0.213. The van der Waals surface area contributed by atoms with Crippen LogP contribution in [0.25, 0.3) is 0 Å². The highest BCUT2D eigenvalue weighted by Gasteiger charge is 2.31. The summed E-state index contributed by atoms with van der Waals surface area (Å²) in [6.07, 6.45) is -1.31. The van der Waals surface area contributed by atoms with E-state index in [-0.39, 0.29) is 35.2 Å². The van der Waals surface area contributed by atoms with Gasteiger partial charge in [-0.3, -0.25) is 10.4 Å². The molecule has 25 heavy (non-hydrogen) atoms. The Hall–Kier alpha value is -3.04. The lowest BCUT2D eigenvalue weighted by Crippen LogP contribution is -2.16. The molecule has 0 aliphatic heterocycles. The van der Waals surface area contributed by atoms with Gasteiger partial charge in [-0.2, -0.15) is 28.1 Å². The molecule has 132 valence electrons. The molecule has 3 N–H and O–H groups in total. The third kappa shape index (κ3) is 4.96. The third-order valence-corrected chi connectivity index (χ3v) is 2.82. The minimum absolute atomic E-state index is 0.0104. The fourth-order valence-corrected chi connectivity index (χ4v) is 1.76. The molecule has 2 aromatic rings. The third-order valence-electron chi connectivity index (χ3n) is 2.82. The summed E-state index contributed by atoms with van der Waals surface area (Å²) in [4.78, 5) is 15.8. The Bertz CT molecular complexity index is 787. The van der Waals surface area contributed by atoms with Gasteiger partial charge in [0.1, 0.15) is 0 Å². The van der Waals surface area contributed by atoms with Gasteiger partial charge in [-0.05, 0) is 26.0 Å². The Balaban J connectivity index is 2.38. The van der Waals surface area contributed by atoms with E-state index in [0.29, 0.717) is 0 Å². The lowest BCUT2D eigenvalue weighted by molar-refractivity contribution is -0.137. The van der Waals surface area contributed by atoms with Crippen LogP contribution in [0.5, 0.6) is 0 Å². The van der Waals surface area contributed by atoms with Gasteiger partial charge in [0.15, 0.2) is 5.82 Å². The topological polar surface area (TPSA) is 99.5 Å². The zero-order valence-electron chi connectivity index (χ0n) is 13.5. The maximum Gasteiger partial charge on any atom is 0.417 e. The maximum absolute atomic E-state index is 12.8. The van der Waals surface area contributed by atoms with Crippen molar-refractivity contribution in [2.75, 3.05) is 10.6 Å². The standard InChI is InChI=1S/C15H16F3N7/c1-4-11(19)12-23-13(21-8(2)3)25-14(24-12)22-10-5-9(6-20-7-10)15(16,17)18/h4-8,19H,1H2,2-3H3,(H2,21,22,23,24,25). The van der Waals surface area contributed by atoms with Crippen molar-refractivity contribution >= 4 is 23.3 Å². The molecular formula is C15H16F3N7. The van der Waals surface area contributed by atoms with Crippen LogP contribution in [0.1, 0.15) is 25.2 Å². The molecule has 0 aromatic carbocycles. The van der Waals surface area contributed by atoms with E-state index in [1.807, 2.05) is 13.8 Å². The number of aromatic nitrogens is 4. The molecule has 2 rings (SSSR count). The van der Waals surface area contributed by atoms with Gasteiger partial charge >= 0.3 is 6.18 Å². The Kier molecular flexibility index (Phi) is 5.30. The van der Waals surface area contributed by atoms with Crippen molar-refractivity contribution in [1.29, 1.82) is 5.41 Å². The molecule has 0 aliphatic carbocycles. The lowest BCUT2D eigenvalue weighted by atomic mass is 10.2. The molecule has 7 nitrogen and oxygen atoms in total. The zero-order chi connectivity index (χ0) is 18.6. The lowest BCUT2D eigenvalue weighted by Gasteiger charge is -2.12. The summed E-state index contributed by atoms with van der Waals surface area (Å²) < 4.78 is 38.3. The van der Waals surface area contributed by atoms with Crippen molar-refractivity contribution in [3.63, 3.8) is 0 Å². The molecule has 0 saturated carbocycles. The predicted octanol–water partition coefficient (Wildman–Crippen LogP) is 3.40. The van der Waals surface area contributed by atoms with Gasteiger partial charge in [0, 0.05) is 12.2 Å². The number of anilines is 3. The van der Waals surface area contributed by atoms with Crippen LogP contribution in [0.15, 0.2) is 31.1 Å². The highest BCUT2D eigenvalue weighted by atomic mass is 19.4. The van der Waals surface area contributed by atoms with Crippen molar-refractivity contribution in [3.8, 4) is 0 Å². The number of allylic oxidation sites excluding steroid dienone is 1. The molecule has 0 fully saturated rings. The minimum atomic E-state index is -4.51. The van der Waals surface area contributed by atoms with E-state index in [1.165, 1.54) is 12.3 Å². The van der Waals surface area contributed by atoms with Crippen LogP contribution in [0.4, 0.5) is 30.8 Å². The predicted molar refractivity (Wildman–Crippen MR) is 88.1 cm³/mol. The van der Waals surface area contributed by atoms with Crippen LogP contribution in [-0.2, 0) is 6.18 Å². The van der Waals surface area contributed by atoms with Gasteiger partial charge < -0.3 is 10.6 Å². The first kappa shape index (κ1) is 18.3. The summed E-state index contributed by atoms with van der Waals surface area (Å²) in [6.45, 7) is 7.21. The fourth-order valence-electron chi connectivity index (χ4n) is 1.76. The maximum atomic E-state index is 12.8. The zero-order valence-corrected chi connectivity index (χ0v) is 13.5. The summed E-state index contributed by atoms with van der Waals surface area (Å²) in [6, 6.07) is 0.904. The van der Waals surface area contributed by atoms with Gasteiger partial charge in [-0.1, -0.05) is 6.58 Å². The summed E-state index contributed by atoms with van der Waals surface area (Å²) >= 11 is 0. The molecule has 2 heterocycles. The molecule has 0 unspecified atom stereocenters. The average Bonchev–Trinajstić information content (AvgIpc) is 2.52. The van der Waals surface area contributed by atoms with E-state index in [1.54, 1.807) is 0 Å². The van der Waals surface area contributed by atoms with E-state index in [4.69, 9.17) is 5.41 Å². The van der Waals surface area contributed by atoms with E-state index in [2.05, 4.69) is 37.1 Å². The van der Waals surface area contributed by atoms with E-state index in [0.717, 1.165) is 12.3 Å². The van der Waals surface area contributed by atoms with Crippen molar-refractivity contribution in [3.05, 3.63) is 42.5 Å². The summed E-state index contributed by atoms with van der Waals surface area (Å²) in [5.41, 5.74) is -0.877. The summed E-state index contributed by atoms with van der Waals surface area (Å²) in [5, 5.41) is 13.4. The smallest absolute Gasteiger partial charge is 0.352 e. The number of alkyl halides is 3. The highest BCUT2D eigenvalue weighted by Crippen LogP contribution is 2.30. The van der Waals surface area contributed by atoms with Crippen LogP contribution >= 0.6 is 0 Å². The van der Waals surface area contributed by atoms with Gasteiger partial charge in [-0.15, -0.1) is 0 Å². The van der Waals surface area contributed by atoms with E-state index in [9.17, 15) is 13.2 Å². The first-order valence-corrected chi connectivity index (χ1v) is 7.22. The van der Waals surface area contributed by atoms with Crippen LogP contribution in [0.3, 0.4) is 0 Å². The van der Waals surface area contributed by atoms with Crippen LogP contribution in [-0.4, -0.2) is 31.7 Å². The van der Waals surface area contributed by atoms with Crippen molar-refractivity contribution in [1.82, 2.24) is 19.9 Å². The average molecular weight is 351 g/mol. The Morgan fingerprint density at radius 2 is 1.88 bits per heavy atom. The molecule has 2 aromatic heterocycles. The van der Waals surface area contributed by atoms with Gasteiger partial charge in [-0.25, -0.2) is 0 Å². The highest BCUT2D eigenvalue weighted by molar-refractivity contribution is 6.03. The van der Waals surface area contributed by atoms with Gasteiger partial charge in [0.05, 0.1) is 23.2 Å². The van der Waals surface area contributed by atoms with Crippen molar-refractivity contribution in [2.24, 2.45) is 0 Å². The van der Waals surface area contributed by atoms with Crippen LogP contribution in [0, 0.1) is 5.41 Å². The van der Waals surface area contributed by atoms with Crippen molar-refractivity contribution in [2.45, 2.75) is 26.1 Å². The first-order valence-electron chi connectivity index (χ1n) is 7.22. The van der Waals surface area contributed by atoms with Crippen molar-refractivity contribution < 1.29 is 13.2 Å². The quantitative estimate of drug-likeness (QED) is 0.690. The molecule has 0 amide bonds. The molecule has 0 aliphatic rings. The monoisotopic (exact) mass is 351 g/mol. The van der Waals surface area contributed by atoms with Gasteiger partial charge in [0.2, 0.25) is 11.9 Å².